The number of fused-ring (bicyclic) bond motifs is 1. The van der Waals surface area contributed by atoms with Crippen molar-refractivity contribution in [1.29, 1.82) is 0 Å². The van der Waals surface area contributed by atoms with E-state index in [0.717, 1.165) is 5.39 Å². The maximum atomic E-state index is 13.0. The molecule has 0 spiro atoms. The van der Waals surface area contributed by atoms with Crippen LogP contribution in [-0.4, -0.2) is 27.5 Å². The smallest absolute Gasteiger partial charge is 0.308 e. The molecular weight excluding hydrogens is 334 g/mol. The van der Waals surface area contributed by atoms with Crippen LogP contribution >= 0.6 is 0 Å². The summed E-state index contributed by atoms with van der Waals surface area (Å²) in [7, 11) is 0. The first kappa shape index (κ1) is 17.4. The van der Waals surface area contributed by atoms with Crippen molar-refractivity contribution >= 4 is 28.7 Å². The highest BCUT2D eigenvalue weighted by molar-refractivity contribution is 6.04. The van der Waals surface area contributed by atoms with E-state index in [1.165, 1.54) is 11.5 Å². The van der Waals surface area contributed by atoms with Gasteiger partial charge in [-0.3, -0.25) is 19.0 Å². The highest BCUT2D eigenvalue weighted by atomic mass is 16.5. The Kier molecular flexibility index (Phi) is 4.58. The molecule has 26 heavy (non-hydrogen) atoms. The van der Waals surface area contributed by atoms with E-state index in [-0.39, 0.29) is 12.3 Å². The van der Waals surface area contributed by atoms with Crippen molar-refractivity contribution in [1.82, 2.24) is 4.57 Å². The number of aliphatic carboxylic acids is 1. The number of carbonyl (C=O) groups is 3. The molecule has 0 amide bonds. The quantitative estimate of drug-likeness (QED) is 0.576. The number of esters is 1. The van der Waals surface area contributed by atoms with Crippen molar-refractivity contribution in [2.75, 3.05) is 0 Å². The summed E-state index contributed by atoms with van der Waals surface area (Å²) in [4.78, 5) is 35.2. The lowest BCUT2D eigenvalue weighted by Gasteiger charge is -2.08. The van der Waals surface area contributed by atoms with E-state index in [1.54, 1.807) is 43.3 Å². The molecule has 3 rings (SSSR count). The molecule has 0 unspecified atom stereocenters. The summed E-state index contributed by atoms with van der Waals surface area (Å²) in [5, 5.41) is 9.93. The van der Waals surface area contributed by atoms with Crippen LogP contribution in [0, 0.1) is 6.92 Å². The molecule has 0 aliphatic carbocycles. The van der Waals surface area contributed by atoms with Crippen LogP contribution in [-0.2, 0) is 16.0 Å². The van der Waals surface area contributed by atoms with Gasteiger partial charge in [0.05, 0.1) is 11.9 Å². The molecule has 0 radical (unpaired) electrons. The van der Waals surface area contributed by atoms with Gasteiger partial charge in [0, 0.05) is 23.6 Å². The third kappa shape index (κ3) is 3.21. The van der Waals surface area contributed by atoms with Gasteiger partial charge in [-0.2, -0.15) is 0 Å². The van der Waals surface area contributed by atoms with Gasteiger partial charge in [-0.05, 0) is 42.8 Å². The Morgan fingerprint density at radius 2 is 1.69 bits per heavy atom. The summed E-state index contributed by atoms with van der Waals surface area (Å²) in [6, 6.07) is 13.5. The molecular formula is C20H17NO5. The number of aromatic nitrogens is 1. The maximum Gasteiger partial charge on any atom is 0.308 e. The SMILES string of the molecule is CC(=O)Oc1ccc(C(=O)n2c(C)c(CC(=O)O)c3ccccc32)cc1. The average Bonchev–Trinajstić information content (AvgIpc) is 2.86. The summed E-state index contributed by atoms with van der Waals surface area (Å²) in [6.07, 6.45) is -0.155. The Balaban J connectivity index is 2.07. The average molecular weight is 351 g/mol. The Morgan fingerprint density at radius 3 is 2.31 bits per heavy atom. The van der Waals surface area contributed by atoms with Gasteiger partial charge in [0.2, 0.25) is 0 Å². The summed E-state index contributed by atoms with van der Waals surface area (Å²) >= 11 is 0. The third-order valence-corrected chi connectivity index (χ3v) is 4.14. The normalized spacial score (nSPS) is 10.7. The first-order chi connectivity index (χ1) is 12.4. The highest BCUT2D eigenvalue weighted by Gasteiger charge is 2.21. The standard InChI is InChI=1S/C20H17NO5/c1-12-17(11-19(23)24)16-5-3-4-6-18(16)21(12)20(25)14-7-9-15(10-8-14)26-13(2)22/h3-10H,11H2,1-2H3,(H,23,24). The Labute approximate surface area is 149 Å². The molecule has 1 N–H and O–H groups in total. The molecule has 0 fully saturated rings. The number of ether oxygens (including phenoxy) is 1. The molecule has 6 heteroatoms. The van der Waals surface area contributed by atoms with Crippen LogP contribution in [0.4, 0.5) is 0 Å². The van der Waals surface area contributed by atoms with Gasteiger partial charge in [0.25, 0.3) is 5.91 Å². The molecule has 3 aromatic rings. The zero-order chi connectivity index (χ0) is 18.8. The van der Waals surface area contributed by atoms with Gasteiger partial charge >= 0.3 is 11.9 Å². The Morgan fingerprint density at radius 1 is 1.04 bits per heavy atom. The molecule has 2 aromatic carbocycles. The third-order valence-electron chi connectivity index (χ3n) is 4.14. The molecule has 0 aliphatic rings. The predicted octanol–water partition coefficient (Wildman–Crippen LogP) is 3.19. The fourth-order valence-corrected chi connectivity index (χ4v) is 3.03. The summed E-state index contributed by atoms with van der Waals surface area (Å²) in [6.45, 7) is 3.04. The van der Waals surface area contributed by atoms with Crippen LogP contribution in [0.1, 0.15) is 28.5 Å². The molecule has 6 nitrogen and oxygen atoms in total. The highest BCUT2D eigenvalue weighted by Crippen LogP contribution is 2.27. The maximum absolute atomic E-state index is 13.0. The van der Waals surface area contributed by atoms with Crippen LogP contribution in [0.3, 0.4) is 0 Å². The molecule has 0 atom stereocenters. The van der Waals surface area contributed by atoms with Crippen LogP contribution in [0.25, 0.3) is 10.9 Å². The van der Waals surface area contributed by atoms with E-state index in [1.807, 2.05) is 12.1 Å². The number of rotatable bonds is 4. The first-order valence-electron chi connectivity index (χ1n) is 8.02. The molecule has 0 bridgehead atoms. The molecule has 1 heterocycles. The van der Waals surface area contributed by atoms with Crippen molar-refractivity contribution in [3.63, 3.8) is 0 Å². The van der Waals surface area contributed by atoms with E-state index in [9.17, 15) is 19.5 Å². The molecule has 132 valence electrons. The van der Waals surface area contributed by atoms with Gasteiger partial charge in [0.1, 0.15) is 5.75 Å². The largest absolute Gasteiger partial charge is 0.481 e. The Bertz CT molecular complexity index is 1010. The lowest BCUT2D eigenvalue weighted by Crippen LogP contribution is -2.14. The van der Waals surface area contributed by atoms with Crippen molar-refractivity contribution in [2.45, 2.75) is 20.3 Å². The first-order valence-corrected chi connectivity index (χ1v) is 8.02. The summed E-state index contributed by atoms with van der Waals surface area (Å²) in [5.41, 5.74) is 2.29. The number of nitrogens with zero attached hydrogens (tertiary/aromatic N) is 1. The molecule has 0 saturated carbocycles. The Hall–Kier alpha value is -3.41. The minimum Gasteiger partial charge on any atom is -0.481 e. The molecule has 0 aliphatic heterocycles. The number of hydrogen-bond donors (Lipinski definition) is 1. The van der Waals surface area contributed by atoms with Gasteiger partial charge < -0.3 is 9.84 Å². The lowest BCUT2D eigenvalue weighted by molar-refractivity contribution is -0.136. The topological polar surface area (TPSA) is 85.6 Å². The number of carbonyl (C=O) groups excluding carboxylic acids is 2. The fourth-order valence-electron chi connectivity index (χ4n) is 3.03. The van der Waals surface area contributed by atoms with E-state index < -0.39 is 11.9 Å². The van der Waals surface area contributed by atoms with Gasteiger partial charge in [-0.25, -0.2) is 0 Å². The zero-order valence-electron chi connectivity index (χ0n) is 14.4. The van der Waals surface area contributed by atoms with E-state index in [2.05, 4.69) is 0 Å². The van der Waals surface area contributed by atoms with Crippen molar-refractivity contribution in [3.8, 4) is 5.75 Å². The van der Waals surface area contributed by atoms with Crippen LogP contribution in [0.5, 0.6) is 5.75 Å². The number of para-hydroxylation sites is 1. The molecule has 1 aromatic heterocycles. The second-order valence-electron chi connectivity index (χ2n) is 5.91. The van der Waals surface area contributed by atoms with Gasteiger partial charge in [0.15, 0.2) is 0 Å². The number of carboxylic acids is 1. The zero-order valence-corrected chi connectivity index (χ0v) is 14.4. The van der Waals surface area contributed by atoms with Crippen molar-refractivity contribution in [2.24, 2.45) is 0 Å². The van der Waals surface area contributed by atoms with Crippen LogP contribution < -0.4 is 4.74 Å². The van der Waals surface area contributed by atoms with Crippen LogP contribution in [0.15, 0.2) is 48.5 Å². The minimum absolute atomic E-state index is 0.155. The lowest BCUT2D eigenvalue weighted by atomic mass is 10.1. The minimum atomic E-state index is -0.950. The summed E-state index contributed by atoms with van der Waals surface area (Å²) in [5.74, 6) is -1.30. The number of carboxylic acid groups (broad SMARTS) is 1. The monoisotopic (exact) mass is 351 g/mol. The van der Waals surface area contributed by atoms with E-state index >= 15 is 0 Å². The predicted molar refractivity (Wildman–Crippen MR) is 95.5 cm³/mol. The number of benzene rings is 2. The van der Waals surface area contributed by atoms with E-state index in [4.69, 9.17) is 4.74 Å². The van der Waals surface area contributed by atoms with Crippen molar-refractivity contribution in [3.05, 3.63) is 65.4 Å². The van der Waals surface area contributed by atoms with Crippen LogP contribution in [0.2, 0.25) is 0 Å². The summed E-state index contributed by atoms with van der Waals surface area (Å²) < 4.78 is 6.50. The van der Waals surface area contributed by atoms with Crippen molar-refractivity contribution < 1.29 is 24.2 Å². The molecule has 0 saturated heterocycles. The number of hydrogen-bond acceptors (Lipinski definition) is 4. The van der Waals surface area contributed by atoms with Gasteiger partial charge in [-0.15, -0.1) is 0 Å². The van der Waals surface area contributed by atoms with Gasteiger partial charge in [-0.1, -0.05) is 18.2 Å². The second-order valence-corrected chi connectivity index (χ2v) is 5.91. The second kappa shape index (κ2) is 6.84. The fraction of sp³-hybridized carbons (Fsp3) is 0.150. The van der Waals surface area contributed by atoms with E-state index in [0.29, 0.717) is 28.1 Å².